The Balaban J connectivity index is 1.35. The highest BCUT2D eigenvalue weighted by Gasteiger charge is 2.20. The van der Waals surface area contributed by atoms with Crippen LogP contribution in [-0.4, -0.2) is 40.9 Å². The summed E-state index contributed by atoms with van der Waals surface area (Å²) in [6.45, 7) is 3.15. The molecule has 3 aromatic rings. The summed E-state index contributed by atoms with van der Waals surface area (Å²) in [5, 5.41) is 6.81. The minimum absolute atomic E-state index is 0.197. The summed E-state index contributed by atoms with van der Waals surface area (Å²) in [4.78, 5) is 11.6. The van der Waals surface area contributed by atoms with Gasteiger partial charge in [-0.3, -0.25) is 0 Å². The van der Waals surface area contributed by atoms with E-state index in [1.807, 2.05) is 36.4 Å². The van der Waals surface area contributed by atoms with Crippen molar-refractivity contribution in [3.8, 4) is 11.6 Å². The van der Waals surface area contributed by atoms with Gasteiger partial charge in [0, 0.05) is 32.3 Å². The van der Waals surface area contributed by atoms with Crippen LogP contribution in [0, 0.1) is 0 Å². The van der Waals surface area contributed by atoms with Crippen LogP contribution in [0.4, 0.5) is 11.8 Å². The van der Waals surface area contributed by atoms with E-state index in [1.165, 1.54) is 11.1 Å². The molecule has 2 aliphatic heterocycles. The number of hydrogen-bond donors (Lipinski definition) is 2. The molecule has 0 spiro atoms. The summed E-state index contributed by atoms with van der Waals surface area (Å²) < 4.78 is 11.7. The molecule has 0 aliphatic carbocycles. The molecule has 1 aromatic heterocycles. The summed E-state index contributed by atoms with van der Waals surface area (Å²) in [5.41, 5.74) is 2.71. The van der Waals surface area contributed by atoms with Crippen molar-refractivity contribution in [3.63, 3.8) is 0 Å². The molecule has 0 radical (unpaired) electrons. The summed E-state index contributed by atoms with van der Waals surface area (Å²) >= 11 is 5.48. The quantitative estimate of drug-likeness (QED) is 0.527. The van der Waals surface area contributed by atoms with Crippen LogP contribution in [-0.2, 0) is 17.7 Å². The summed E-state index contributed by atoms with van der Waals surface area (Å²) in [6, 6.07) is 20.1. The molecule has 0 bridgehead atoms. The zero-order valence-corrected chi connectivity index (χ0v) is 19.2. The van der Waals surface area contributed by atoms with E-state index in [0.717, 1.165) is 50.5 Å². The fourth-order valence-electron chi connectivity index (χ4n) is 4.14. The van der Waals surface area contributed by atoms with E-state index >= 15 is 0 Å². The first kappa shape index (κ1) is 21.6. The number of para-hydroxylation sites is 1. The van der Waals surface area contributed by atoms with Crippen LogP contribution in [0.2, 0.25) is 0 Å². The summed E-state index contributed by atoms with van der Waals surface area (Å²) in [7, 11) is 0. The molecular weight excluding hydrogens is 434 g/mol. The van der Waals surface area contributed by atoms with Crippen molar-refractivity contribution in [1.29, 1.82) is 0 Å². The number of aromatic nitrogens is 2. The van der Waals surface area contributed by atoms with Gasteiger partial charge >= 0.3 is 0 Å². The van der Waals surface area contributed by atoms with E-state index < -0.39 is 0 Å². The van der Waals surface area contributed by atoms with E-state index in [2.05, 4.69) is 44.8 Å². The van der Waals surface area contributed by atoms with Gasteiger partial charge in [0.25, 0.3) is 0 Å². The number of ether oxygens (including phenoxy) is 2. The molecule has 2 N–H and O–H groups in total. The molecule has 1 saturated heterocycles. The Morgan fingerprint density at radius 2 is 1.91 bits per heavy atom. The number of anilines is 2. The van der Waals surface area contributed by atoms with Crippen molar-refractivity contribution in [1.82, 2.24) is 15.3 Å². The average Bonchev–Trinajstić information content (AvgIpc) is 3.37. The van der Waals surface area contributed by atoms with Crippen molar-refractivity contribution in [2.45, 2.75) is 31.9 Å². The molecule has 0 saturated carbocycles. The molecule has 2 aromatic carbocycles. The minimum atomic E-state index is 0.197. The van der Waals surface area contributed by atoms with Gasteiger partial charge in [-0.25, -0.2) is 0 Å². The minimum Gasteiger partial charge on any atom is -0.439 e. The number of nitrogens with zero attached hydrogens (tertiary/aromatic N) is 3. The zero-order valence-electron chi connectivity index (χ0n) is 18.4. The topological polar surface area (TPSA) is 71.5 Å². The third kappa shape index (κ3) is 5.58. The molecule has 1 fully saturated rings. The first-order valence-corrected chi connectivity index (χ1v) is 11.7. The maximum absolute atomic E-state index is 6.04. The molecule has 33 heavy (non-hydrogen) atoms. The molecule has 1 atom stereocenters. The van der Waals surface area contributed by atoms with Crippen LogP contribution >= 0.6 is 12.2 Å². The smallest absolute Gasteiger partial charge is 0.234 e. The van der Waals surface area contributed by atoms with Gasteiger partial charge in [-0.1, -0.05) is 42.5 Å². The van der Waals surface area contributed by atoms with Gasteiger partial charge in [0.15, 0.2) is 5.11 Å². The standard InChI is InChI=1S/C25H27N5O2S/c33-25(26-16-21-11-6-14-31-21)29-24-27-22(15-23(28-24)32-20-9-2-1-3-10-20)30-13-12-18-7-4-5-8-19(18)17-30/h1-5,7-10,15,21H,6,11-14,16-17H2,(H2,26,27,28,29,33)/t21-/m1/s1. The maximum Gasteiger partial charge on any atom is 0.234 e. The lowest BCUT2D eigenvalue weighted by Gasteiger charge is -2.30. The van der Waals surface area contributed by atoms with Crippen LogP contribution in [0.25, 0.3) is 0 Å². The van der Waals surface area contributed by atoms with Gasteiger partial charge in [-0.05, 0) is 54.7 Å². The first-order chi connectivity index (χ1) is 16.2. The number of fused-ring (bicyclic) bond motifs is 1. The van der Waals surface area contributed by atoms with Crippen LogP contribution in [0.3, 0.4) is 0 Å². The lowest BCUT2D eigenvalue weighted by atomic mass is 10.00. The predicted octanol–water partition coefficient (Wildman–Crippen LogP) is 4.30. The molecule has 3 heterocycles. The Morgan fingerprint density at radius 1 is 1.09 bits per heavy atom. The molecule has 170 valence electrons. The van der Waals surface area contributed by atoms with Gasteiger partial charge in [-0.15, -0.1) is 0 Å². The Bertz CT molecular complexity index is 1100. The van der Waals surface area contributed by atoms with E-state index in [9.17, 15) is 0 Å². The van der Waals surface area contributed by atoms with Gasteiger partial charge in [-0.2, -0.15) is 9.97 Å². The molecule has 8 heteroatoms. The molecule has 7 nitrogen and oxygen atoms in total. The maximum atomic E-state index is 6.04. The number of rotatable bonds is 6. The Kier molecular flexibility index (Phi) is 6.64. The first-order valence-electron chi connectivity index (χ1n) is 11.3. The number of thiocarbonyl (C=S) groups is 1. The SMILES string of the molecule is S=C(NC[C@H]1CCCO1)Nc1nc(Oc2ccccc2)cc(N2CCc3ccccc3C2)n1. The lowest BCUT2D eigenvalue weighted by Crippen LogP contribution is -2.35. The average molecular weight is 462 g/mol. The highest BCUT2D eigenvalue weighted by atomic mass is 32.1. The molecule has 5 rings (SSSR count). The molecular formula is C25H27N5O2S. The fraction of sp³-hybridized carbons (Fsp3) is 0.320. The highest BCUT2D eigenvalue weighted by molar-refractivity contribution is 7.80. The fourth-order valence-corrected chi connectivity index (χ4v) is 4.32. The van der Waals surface area contributed by atoms with E-state index in [4.69, 9.17) is 26.7 Å². The Hall–Kier alpha value is -3.23. The van der Waals surface area contributed by atoms with Gasteiger partial charge in [0.05, 0.1) is 6.10 Å². The van der Waals surface area contributed by atoms with Gasteiger partial charge < -0.3 is 25.0 Å². The second kappa shape index (κ2) is 10.1. The van der Waals surface area contributed by atoms with E-state index in [0.29, 0.717) is 23.5 Å². The molecule has 0 unspecified atom stereocenters. The van der Waals surface area contributed by atoms with Crippen LogP contribution in [0.5, 0.6) is 11.6 Å². The molecule has 0 amide bonds. The van der Waals surface area contributed by atoms with Crippen LogP contribution in [0.1, 0.15) is 24.0 Å². The Labute approximate surface area is 199 Å². The third-order valence-electron chi connectivity index (χ3n) is 5.85. The predicted molar refractivity (Wildman–Crippen MR) is 133 cm³/mol. The normalized spacial score (nSPS) is 17.3. The lowest BCUT2D eigenvalue weighted by molar-refractivity contribution is 0.114. The van der Waals surface area contributed by atoms with E-state index in [-0.39, 0.29) is 6.10 Å². The number of hydrogen-bond acceptors (Lipinski definition) is 6. The summed E-state index contributed by atoms with van der Waals surface area (Å²) in [6.07, 6.45) is 3.31. The van der Waals surface area contributed by atoms with Gasteiger partial charge in [0.1, 0.15) is 11.6 Å². The third-order valence-corrected chi connectivity index (χ3v) is 6.10. The highest BCUT2D eigenvalue weighted by Crippen LogP contribution is 2.28. The van der Waals surface area contributed by atoms with Crippen molar-refractivity contribution >= 4 is 29.1 Å². The number of nitrogens with one attached hydrogen (secondary N) is 2. The zero-order chi connectivity index (χ0) is 22.5. The van der Waals surface area contributed by atoms with Crippen molar-refractivity contribution in [3.05, 3.63) is 71.8 Å². The largest absolute Gasteiger partial charge is 0.439 e. The second-order valence-corrected chi connectivity index (χ2v) is 8.62. The second-order valence-electron chi connectivity index (χ2n) is 8.21. The number of benzene rings is 2. The van der Waals surface area contributed by atoms with E-state index in [1.54, 1.807) is 0 Å². The summed E-state index contributed by atoms with van der Waals surface area (Å²) in [5.74, 6) is 2.39. The van der Waals surface area contributed by atoms with Gasteiger partial charge in [0.2, 0.25) is 11.8 Å². The monoisotopic (exact) mass is 461 g/mol. The van der Waals surface area contributed by atoms with Crippen LogP contribution < -0.4 is 20.3 Å². The van der Waals surface area contributed by atoms with Crippen molar-refractivity contribution in [2.24, 2.45) is 0 Å². The van der Waals surface area contributed by atoms with Crippen molar-refractivity contribution in [2.75, 3.05) is 29.9 Å². The van der Waals surface area contributed by atoms with Crippen molar-refractivity contribution < 1.29 is 9.47 Å². The van der Waals surface area contributed by atoms with Crippen LogP contribution in [0.15, 0.2) is 60.7 Å². The molecule has 2 aliphatic rings. The Morgan fingerprint density at radius 3 is 2.73 bits per heavy atom.